The number of hydrogen-bond donors (Lipinski definition) is 3. The SMILES string of the molecule is [NH]CC(=Cc1ccccc1O)C(=Cc1ccccc1O)[NH][Co]. The van der Waals surface area contributed by atoms with Crippen LogP contribution >= 0.6 is 0 Å². The molecule has 0 aliphatic heterocycles. The van der Waals surface area contributed by atoms with Gasteiger partial charge in [-0.1, -0.05) is 0 Å². The molecule has 0 atom stereocenters. The van der Waals surface area contributed by atoms with Gasteiger partial charge < -0.3 is 0 Å². The van der Waals surface area contributed by atoms with E-state index in [1.165, 1.54) is 0 Å². The van der Waals surface area contributed by atoms with E-state index in [1.807, 2.05) is 12.1 Å². The summed E-state index contributed by atoms with van der Waals surface area (Å²) in [4.78, 5) is 0. The van der Waals surface area contributed by atoms with Gasteiger partial charge >= 0.3 is 137 Å². The fraction of sp³-hybridized carbons (Fsp3) is 0.0588. The van der Waals surface area contributed by atoms with Gasteiger partial charge in [-0.25, -0.2) is 0 Å². The number of benzene rings is 2. The summed E-state index contributed by atoms with van der Waals surface area (Å²) in [6, 6.07) is 13.8. The van der Waals surface area contributed by atoms with E-state index >= 15 is 0 Å². The number of hydrogen-bond acceptors (Lipinski definition) is 3. The third-order valence-electron chi connectivity index (χ3n) is 3.13. The van der Waals surface area contributed by atoms with E-state index in [-0.39, 0.29) is 18.0 Å². The first-order valence-electron chi connectivity index (χ1n) is 6.63. The van der Waals surface area contributed by atoms with Crippen LogP contribution < -0.4 is 10.1 Å². The molecule has 0 amide bonds. The molecule has 4 N–H and O–H groups in total. The van der Waals surface area contributed by atoms with Crippen LogP contribution in [-0.2, 0) is 16.0 Å². The summed E-state index contributed by atoms with van der Waals surface area (Å²) in [6.45, 7) is 0.000201. The quantitative estimate of drug-likeness (QED) is 0.733. The maximum atomic E-state index is 9.84. The first-order valence-corrected chi connectivity index (χ1v) is 7.15. The van der Waals surface area contributed by atoms with Crippen LogP contribution in [0.25, 0.3) is 12.2 Å². The molecule has 0 saturated heterocycles. The molecule has 1 radical (unpaired) electrons. The molecule has 0 unspecified atom stereocenters. The predicted molar refractivity (Wildman–Crippen MR) is 83.3 cm³/mol. The Labute approximate surface area is 137 Å². The van der Waals surface area contributed by atoms with E-state index in [4.69, 9.17) is 5.73 Å². The van der Waals surface area contributed by atoms with Crippen LogP contribution in [0.5, 0.6) is 11.5 Å². The summed E-state index contributed by atoms with van der Waals surface area (Å²) in [5, 5.41) is 19.7. The van der Waals surface area contributed by atoms with Gasteiger partial charge in [0.2, 0.25) is 0 Å². The molecule has 2 rings (SSSR count). The summed E-state index contributed by atoms with van der Waals surface area (Å²) < 4.78 is 2.74. The van der Waals surface area contributed by atoms with E-state index in [0.717, 1.165) is 0 Å². The number of para-hydroxylation sites is 2. The standard InChI is InChI=1S/C17H16N2O2.Co/c18-11-14(9-12-5-1-3-7-16(12)20)15(19)10-13-6-2-4-8-17(13)21;/h1-10,18-21H,11H2;/q-1;+1. The first-order chi connectivity index (χ1) is 10.7. The zero-order valence-electron chi connectivity index (χ0n) is 11.7. The topological polar surface area (TPSA) is 76.3 Å². The van der Waals surface area contributed by atoms with Crippen molar-refractivity contribution in [3.63, 3.8) is 0 Å². The number of phenols is 2. The van der Waals surface area contributed by atoms with E-state index in [1.54, 1.807) is 48.6 Å². The summed E-state index contributed by atoms with van der Waals surface area (Å²) in [5.74, 6) is 0.295. The van der Waals surface area contributed by atoms with Gasteiger partial charge in [-0.05, 0) is 0 Å². The van der Waals surface area contributed by atoms with E-state index in [9.17, 15) is 10.2 Å². The van der Waals surface area contributed by atoms with Crippen molar-refractivity contribution in [2.45, 2.75) is 0 Å². The molecule has 2 aromatic carbocycles. The normalized spacial score (nSPS) is 12.3. The van der Waals surface area contributed by atoms with Crippen molar-refractivity contribution in [1.82, 2.24) is 10.1 Å². The van der Waals surface area contributed by atoms with Crippen LogP contribution in [0.4, 0.5) is 0 Å². The molecule has 0 saturated carbocycles. The van der Waals surface area contributed by atoms with Crippen molar-refractivity contribution in [3.8, 4) is 11.5 Å². The minimum absolute atomic E-state index is 0.000201. The van der Waals surface area contributed by atoms with Gasteiger partial charge in [0.15, 0.2) is 0 Å². The van der Waals surface area contributed by atoms with Crippen molar-refractivity contribution in [2.75, 3.05) is 6.54 Å². The van der Waals surface area contributed by atoms with Crippen LogP contribution in [0.2, 0.25) is 0 Å². The van der Waals surface area contributed by atoms with Gasteiger partial charge in [-0.3, -0.25) is 0 Å². The second-order valence-corrected chi connectivity index (χ2v) is 4.87. The molecule has 0 heterocycles. The number of nitrogens with one attached hydrogen (secondary N) is 2. The van der Waals surface area contributed by atoms with Gasteiger partial charge in [-0.2, -0.15) is 0 Å². The Kier molecular flexibility index (Phi) is 5.66. The van der Waals surface area contributed by atoms with Gasteiger partial charge in [0, 0.05) is 0 Å². The van der Waals surface area contributed by atoms with E-state index in [2.05, 4.69) is 20.3 Å². The fourth-order valence-corrected chi connectivity index (χ4v) is 2.20. The molecule has 0 aliphatic rings. The van der Waals surface area contributed by atoms with Crippen LogP contribution in [0.3, 0.4) is 0 Å². The molecule has 115 valence electrons. The zero-order chi connectivity index (χ0) is 15.9. The number of phenolic OH excluding ortho intramolecular Hbond substituents is 2. The van der Waals surface area contributed by atoms with E-state index < -0.39 is 0 Å². The van der Waals surface area contributed by atoms with Crippen molar-refractivity contribution >= 4 is 12.2 Å². The number of aromatic hydroxyl groups is 2. The molecular weight excluding hydrogens is 323 g/mol. The molecule has 0 fully saturated rings. The third-order valence-corrected chi connectivity index (χ3v) is 3.41. The average molecular weight is 339 g/mol. The maximum absolute atomic E-state index is 9.84. The number of rotatable bonds is 5. The van der Waals surface area contributed by atoms with Gasteiger partial charge in [0.05, 0.1) is 0 Å². The van der Waals surface area contributed by atoms with Gasteiger partial charge in [0.25, 0.3) is 0 Å². The summed E-state index contributed by atoms with van der Waals surface area (Å²) >= 11 is 4.13. The van der Waals surface area contributed by atoms with Crippen LogP contribution in [-0.4, -0.2) is 16.8 Å². The minimum atomic E-state index is 0.000201. The van der Waals surface area contributed by atoms with E-state index in [0.29, 0.717) is 22.4 Å². The van der Waals surface area contributed by atoms with Crippen molar-refractivity contribution in [1.29, 1.82) is 0 Å². The van der Waals surface area contributed by atoms with Gasteiger partial charge in [-0.15, -0.1) is 0 Å². The average Bonchev–Trinajstić information content (AvgIpc) is 2.54. The van der Waals surface area contributed by atoms with Gasteiger partial charge in [0.1, 0.15) is 0 Å². The molecule has 22 heavy (non-hydrogen) atoms. The molecule has 2 aromatic rings. The van der Waals surface area contributed by atoms with Crippen molar-refractivity contribution in [3.05, 3.63) is 70.9 Å². The molecule has 0 aromatic heterocycles. The summed E-state index contributed by atoms with van der Waals surface area (Å²) in [5.41, 5.74) is 10.2. The molecule has 5 heteroatoms. The Hall–Kier alpha value is -2.21. The Bertz CT molecular complexity index is 650. The molecule has 4 nitrogen and oxygen atoms in total. The summed E-state index contributed by atoms with van der Waals surface area (Å²) in [6.07, 6.45) is 3.43. The Morgan fingerprint density at radius 2 is 1.45 bits per heavy atom. The van der Waals surface area contributed by atoms with Crippen LogP contribution in [0.15, 0.2) is 59.8 Å². The Morgan fingerprint density at radius 1 is 0.955 bits per heavy atom. The van der Waals surface area contributed by atoms with Crippen molar-refractivity contribution < 1.29 is 26.2 Å². The first kappa shape index (κ1) is 16.2. The Balaban J connectivity index is 2.44. The zero-order valence-corrected chi connectivity index (χ0v) is 12.7. The Morgan fingerprint density at radius 3 is 1.91 bits per heavy atom. The molecule has 0 bridgehead atoms. The molecule has 0 aliphatic carbocycles. The summed E-state index contributed by atoms with van der Waals surface area (Å²) in [7, 11) is 0. The monoisotopic (exact) mass is 339 g/mol. The van der Waals surface area contributed by atoms with Crippen molar-refractivity contribution in [2.24, 2.45) is 0 Å². The second-order valence-electron chi connectivity index (χ2n) is 4.61. The fourth-order valence-electron chi connectivity index (χ4n) is 1.96. The molecule has 0 spiro atoms. The predicted octanol–water partition coefficient (Wildman–Crippen LogP) is 2.86. The molecular formula is C17H16CoN2O2. The van der Waals surface area contributed by atoms with Crippen LogP contribution in [0, 0.1) is 0 Å². The second kappa shape index (κ2) is 7.70. The van der Waals surface area contributed by atoms with Crippen LogP contribution in [0.1, 0.15) is 11.1 Å². The third kappa shape index (κ3) is 3.91.